The van der Waals surface area contributed by atoms with Crippen LogP contribution in [0.2, 0.25) is 0 Å². The highest BCUT2D eigenvalue weighted by molar-refractivity contribution is 5.81. The first-order chi connectivity index (χ1) is 15.2. The van der Waals surface area contributed by atoms with E-state index in [0.29, 0.717) is 12.4 Å². The summed E-state index contributed by atoms with van der Waals surface area (Å²) in [6.45, 7) is -0.512. The van der Waals surface area contributed by atoms with Crippen molar-refractivity contribution in [3.63, 3.8) is 0 Å². The third-order valence-corrected chi connectivity index (χ3v) is 5.26. The number of carboxylic acids is 1. The quantitative estimate of drug-likeness (QED) is 0.601. The summed E-state index contributed by atoms with van der Waals surface area (Å²) in [7, 11) is 0. The average Bonchev–Trinajstić information content (AvgIpc) is 3.35. The fraction of sp³-hybridized carbons (Fsp3) is 0.227. The van der Waals surface area contributed by atoms with Crippen molar-refractivity contribution in [1.29, 1.82) is 0 Å². The van der Waals surface area contributed by atoms with Crippen molar-refractivity contribution in [2.45, 2.75) is 24.7 Å². The molecule has 0 bridgehead atoms. The van der Waals surface area contributed by atoms with Crippen LogP contribution in [0.4, 0.5) is 18.0 Å². The predicted molar refractivity (Wildman–Crippen MR) is 107 cm³/mol. The number of aliphatic carboxylic acids is 1. The summed E-state index contributed by atoms with van der Waals surface area (Å²) < 4.78 is 44.2. The Labute approximate surface area is 180 Å². The average molecular weight is 445 g/mol. The van der Waals surface area contributed by atoms with Crippen LogP contribution in [0, 0.1) is 0 Å². The predicted octanol–water partition coefficient (Wildman–Crippen LogP) is 3.89. The molecule has 0 radical (unpaired) electrons. The third-order valence-electron chi connectivity index (χ3n) is 5.26. The molecule has 1 aliphatic rings. The molecule has 166 valence electrons. The lowest BCUT2D eigenvalue weighted by atomic mass is 9.98. The van der Waals surface area contributed by atoms with Crippen molar-refractivity contribution in [2.75, 3.05) is 6.61 Å². The fourth-order valence-corrected chi connectivity index (χ4v) is 3.76. The number of fused-ring (bicyclic) bond motifs is 3. The standard InChI is InChI=1S/C22H18F3N3O4/c23-22(24,25)13-9-26-28(10-13)11-19(20(29)30)27-21(31)32-12-18-16-7-3-1-5-14(16)15-6-2-4-8-17(15)18/h1-10,18-19H,11-12H2,(H,27,31)(H,29,30). The number of hydrogen-bond acceptors (Lipinski definition) is 4. The zero-order valence-electron chi connectivity index (χ0n) is 16.5. The molecule has 10 heteroatoms. The molecule has 1 heterocycles. The summed E-state index contributed by atoms with van der Waals surface area (Å²) >= 11 is 0. The molecule has 0 aliphatic heterocycles. The van der Waals surface area contributed by atoms with Gasteiger partial charge in [-0.3, -0.25) is 4.68 Å². The van der Waals surface area contributed by atoms with Crippen LogP contribution < -0.4 is 5.32 Å². The smallest absolute Gasteiger partial charge is 0.419 e. The van der Waals surface area contributed by atoms with Crippen molar-refractivity contribution in [3.8, 4) is 11.1 Å². The van der Waals surface area contributed by atoms with E-state index >= 15 is 0 Å². The van der Waals surface area contributed by atoms with Gasteiger partial charge in [0.25, 0.3) is 0 Å². The van der Waals surface area contributed by atoms with Gasteiger partial charge in [0.1, 0.15) is 12.6 Å². The highest BCUT2D eigenvalue weighted by Crippen LogP contribution is 2.44. The number of alkyl carbamates (subject to hydrolysis) is 1. The molecule has 1 aliphatic carbocycles. The molecule has 32 heavy (non-hydrogen) atoms. The monoisotopic (exact) mass is 445 g/mol. The minimum absolute atomic E-state index is 0.0216. The Hall–Kier alpha value is -3.82. The van der Waals surface area contributed by atoms with E-state index in [1.165, 1.54) is 0 Å². The molecular formula is C22H18F3N3O4. The number of carbonyl (C=O) groups is 2. The number of aromatic nitrogens is 2. The van der Waals surface area contributed by atoms with Gasteiger partial charge in [0.05, 0.1) is 18.3 Å². The van der Waals surface area contributed by atoms with Crippen molar-refractivity contribution in [3.05, 3.63) is 77.6 Å². The van der Waals surface area contributed by atoms with Crippen LogP contribution in [-0.2, 0) is 22.3 Å². The van der Waals surface area contributed by atoms with E-state index in [4.69, 9.17) is 4.74 Å². The molecular weight excluding hydrogens is 427 g/mol. The van der Waals surface area contributed by atoms with Crippen LogP contribution in [0.15, 0.2) is 60.9 Å². The Morgan fingerprint density at radius 3 is 2.22 bits per heavy atom. The summed E-state index contributed by atoms with van der Waals surface area (Å²) in [5.41, 5.74) is 3.06. The number of carboxylic acid groups (broad SMARTS) is 1. The second-order valence-corrected chi connectivity index (χ2v) is 7.31. The minimum Gasteiger partial charge on any atom is -0.480 e. The Morgan fingerprint density at radius 2 is 1.69 bits per heavy atom. The summed E-state index contributed by atoms with van der Waals surface area (Å²) in [5, 5.41) is 15.1. The van der Waals surface area contributed by atoms with Gasteiger partial charge in [0.2, 0.25) is 0 Å². The molecule has 0 spiro atoms. The second-order valence-electron chi connectivity index (χ2n) is 7.31. The zero-order chi connectivity index (χ0) is 22.9. The van der Waals surface area contributed by atoms with Crippen molar-refractivity contribution >= 4 is 12.1 Å². The Kier molecular flexibility index (Phi) is 5.60. The van der Waals surface area contributed by atoms with Gasteiger partial charge in [-0.15, -0.1) is 0 Å². The maximum Gasteiger partial charge on any atom is 0.419 e. The largest absolute Gasteiger partial charge is 0.480 e. The van der Waals surface area contributed by atoms with E-state index in [0.717, 1.165) is 26.9 Å². The first-order valence-electron chi connectivity index (χ1n) is 9.68. The van der Waals surface area contributed by atoms with Gasteiger partial charge in [-0.05, 0) is 22.3 Å². The van der Waals surface area contributed by atoms with Crippen molar-refractivity contribution < 1.29 is 32.6 Å². The number of benzene rings is 2. The van der Waals surface area contributed by atoms with E-state index < -0.39 is 36.4 Å². The number of halogens is 3. The lowest BCUT2D eigenvalue weighted by Gasteiger charge is -2.17. The number of hydrogen-bond donors (Lipinski definition) is 2. The van der Waals surface area contributed by atoms with E-state index in [2.05, 4.69) is 10.4 Å². The van der Waals surface area contributed by atoms with Crippen LogP contribution in [0.25, 0.3) is 11.1 Å². The lowest BCUT2D eigenvalue weighted by Crippen LogP contribution is -2.44. The van der Waals surface area contributed by atoms with Gasteiger partial charge in [0.15, 0.2) is 0 Å². The van der Waals surface area contributed by atoms with Gasteiger partial charge in [0, 0.05) is 12.1 Å². The maximum absolute atomic E-state index is 12.7. The number of rotatable bonds is 6. The summed E-state index contributed by atoms with van der Waals surface area (Å²) in [6, 6.07) is 13.9. The maximum atomic E-state index is 12.7. The number of alkyl halides is 3. The number of carbonyl (C=O) groups excluding carboxylic acids is 1. The first kappa shape index (κ1) is 21.4. The van der Waals surface area contributed by atoms with Crippen LogP contribution in [0.3, 0.4) is 0 Å². The Morgan fingerprint density at radius 1 is 1.09 bits per heavy atom. The van der Waals surface area contributed by atoms with E-state index in [9.17, 15) is 27.9 Å². The molecule has 1 aromatic heterocycles. The summed E-state index contributed by atoms with van der Waals surface area (Å²) in [6.07, 6.45) is -4.32. The zero-order valence-corrected chi connectivity index (χ0v) is 16.5. The highest BCUT2D eigenvalue weighted by Gasteiger charge is 2.33. The second kappa shape index (κ2) is 8.37. The van der Waals surface area contributed by atoms with Gasteiger partial charge in [-0.25, -0.2) is 9.59 Å². The first-order valence-corrected chi connectivity index (χ1v) is 9.68. The molecule has 0 saturated heterocycles. The number of amides is 1. The molecule has 0 fully saturated rings. The molecule has 3 aromatic rings. The van der Waals surface area contributed by atoms with Gasteiger partial charge in [-0.1, -0.05) is 48.5 Å². The molecule has 1 amide bonds. The molecule has 0 saturated carbocycles. The Bertz CT molecular complexity index is 1110. The third kappa shape index (κ3) is 4.29. The number of ether oxygens (including phenoxy) is 1. The Balaban J connectivity index is 1.41. The molecule has 1 unspecified atom stereocenters. The minimum atomic E-state index is -4.60. The van der Waals surface area contributed by atoms with Crippen LogP contribution in [0.5, 0.6) is 0 Å². The molecule has 2 N–H and O–H groups in total. The van der Waals surface area contributed by atoms with E-state index in [1.54, 1.807) is 0 Å². The van der Waals surface area contributed by atoms with E-state index in [1.807, 2.05) is 48.5 Å². The molecule has 1 atom stereocenters. The van der Waals surface area contributed by atoms with Gasteiger partial charge < -0.3 is 15.2 Å². The van der Waals surface area contributed by atoms with Crippen LogP contribution in [-0.4, -0.2) is 39.6 Å². The molecule has 4 rings (SSSR count). The van der Waals surface area contributed by atoms with Crippen molar-refractivity contribution in [2.24, 2.45) is 0 Å². The van der Waals surface area contributed by atoms with Gasteiger partial charge in [-0.2, -0.15) is 18.3 Å². The van der Waals surface area contributed by atoms with E-state index in [-0.39, 0.29) is 12.5 Å². The number of nitrogens with zero attached hydrogens (tertiary/aromatic N) is 2. The summed E-state index contributed by atoms with van der Waals surface area (Å²) in [5.74, 6) is -1.64. The molecule has 7 nitrogen and oxygen atoms in total. The molecule has 2 aromatic carbocycles. The van der Waals surface area contributed by atoms with Crippen LogP contribution in [0.1, 0.15) is 22.6 Å². The highest BCUT2D eigenvalue weighted by atomic mass is 19.4. The van der Waals surface area contributed by atoms with Crippen LogP contribution >= 0.6 is 0 Å². The SMILES string of the molecule is O=C(NC(Cn1cc(C(F)(F)F)cn1)C(=O)O)OCC1c2ccccc2-c2ccccc21. The fourth-order valence-electron chi connectivity index (χ4n) is 3.76. The van der Waals surface area contributed by atoms with Crippen molar-refractivity contribution in [1.82, 2.24) is 15.1 Å². The summed E-state index contributed by atoms with van der Waals surface area (Å²) in [4.78, 5) is 23.8. The lowest BCUT2D eigenvalue weighted by molar-refractivity contribution is -0.139. The topological polar surface area (TPSA) is 93.5 Å². The normalized spacial score (nSPS) is 13.8. The number of nitrogens with one attached hydrogen (secondary N) is 1. The van der Waals surface area contributed by atoms with Gasteiger partial charge >= 0.3 is 18.2 Å².